The van der Waals surface area contributed by atoms with Crippen LogP contribution in [0.4, 0.5) is 10.2 Å². The molecule has 5 heterocycles. The van der Waals surface area contributed by atoms with Gasteiger partial charge in [-0.3, -0.25) is 14.4 Å². The highest BCUT2D eigenvalue weighted by atomic mass is 19.1. The van der Waals surface area contributed by atoms with Crippen LogP contribution in [0.15, 0.2) is 42.6 Å². The third kappa shape index (κ3) is 3.82. The van der Waals surface area contributed by atoms with Crippen LogP contribution in [0.5, 0.6) is 0 Å². The average molecular weight is 515 g/mol. The number of nitrogens with one attached hydrogen (secondary N) is 1. The van der Waals surface area contributed by atoms with Gasteiger partial charge in [-0.2, -0.15) is 5.10 Å². The first-order valence-corrected chi connectivity index (χ1v) is 12.2. The van der Waals surface area contributed by atoms with E-state index in [9.17, 15) is 18.8 Å². The summed E-state index contributed by atoms with van der Waals surface area (Å²) in [7, 11) is 0. The zero-order chi connectivity index (χ0) is 26.6. The minimum atomic E-state index is -1.05. The molecule has 10 nitrogen and oxygen atoms in total. The summed E-state index contributed by atoms with van der Waals surface area (Å²) in [5.41, 5.74) is 0.645. The van der Waals surface area contributed by atoms with E-state index in [0.717, 1.165) is 0 Å². The van der Waals surface area contributed by atoms with Crippen LogP contribution in [0, 0.1) is 11.7 Å². The first-order chi connectivity index (χ1) is 18.2. The monoisotopic (exact) mass is 514 g/mol. The Morgan fingerprint density at radius 1 is 1.18 bits per heavy atom. The lowest BCUT2D eigenvalue weighted by Gasteiger charge is -2.18. The third-order valence-electron chi connectivity index (χ3n) is 7.07. The number of amides is 1. The Balaban J connectivity index is 1.49. The summed E-state index contributed by atoms with van der Waals surface area (Å²) < 4.78 is 21.0. The molecule has 2 aliphatic heterocycles. The Morgan fingerprint density at radius 3 is 2.76 bits per heavy atom. The predicted octanol–water partition coefficient (Wildman–Crippen LogP) is 3.44. The van der Waals surface area contributed by atoms with Gasteiger partial charge in [0, 0.05) is 23.7 Å². The van der Waals surface area contributed by atoms with Crippen molar-refractivity contribution < 1.29 is 23.5 Å². The Hall–Kier alpha value is -4.54. The number of hydrogen-bond donors (Lipinski definition) is 1. The lowest BCUT2D eigenvalue weighted by Crippen LogP contribution is -2.29. The number of pyridine rings is 1. The second-order valence-electron chi connectivity index (χ2n) is 9.95. The topological polar surface area (TPSA) is 129 Å². The molecule has 0 aliphatic carbocycles. The number of hydrogen-bond acceptors (Lipinski definition) is 8. The first kappa shape index (κ1) is 23.8. The second-order valence-corrected chi connectivity index (χ2v) is 9.95. The van der Waals surface area contributed by atoms with Crippen molar-refractivity contribution in [2.75, 3.05) is 11.9 Å². The molecule has 192 valence electrons. The molecular weight excluding hydrogens is 491 g/mol. The molecule has 1 aromatic carbocycles. The van der Waals surface area contributed by atoms with E-state index in [2.05, 4.69) is 25.4 Å². The van der Waals surface area contributed by atoms with E-state index < -0.39 is 17.3 Å². The molecule has 3 aromatic heterocycles. The number of esters is 1. The molecule has 1 saturated heterocycles. The smallest absolute Gasteiger partial charge is 0.309 e. The van der Waals surface area contributed by atoms with Gasteiger partial charge in [-0.05, 0) is 38.5 Å². The van der Waals surface area contributed by atoms with Crippen molar-refractivity contribution >= 4 is 34.5 Å². The Morgan fingerprint density at radius 2 is 2.00 bits per heavy atom. The summed E-state index contributed by atoms with van der Waals surface area (Å²) in [6, 6.07) is 9.92. The Labute approximate surface area is 216 Å². The number of benzene rings is 1. The molecule has 6 rings (SSSR count). The van der Waals surface area contributed by atoms with Crippen molar-refractivity contribution in [2.24, 2.45) is 5.92 Å². The van der Waals surface area contributed by atoms with E-state index in [0.29, 0.717) is 34.3 Å². The van der Waals surface area contributed by atoms with Crippen LogP contribution in [-0.2, 0) is 26.3 Å². The lowest BCUT2D eigenvalue weighted by molar-refractivity contribution is -0.141. The van der Waals surface area contributed by atoms with Crippen LogP contribution in [0.2, 0.25) is 0 Å². The van der Waals surface area contributed by atoms with Gasteiger partial charge in [-0.25, -0.2) is 24.0 Å². The number of carbonyl (C=O) groups is 3. The molecule has 0 spiro atoms. The fraction of sp³-hybridized carbons (Fsp3) is 0.296. The van der Waals surface area contributed by atoms with E-state index >= 15 is 0 Å². The van der Waals surface area contributed by atoms with Crippen LogP contribution in [0.1, 0.15) is 48.3 Å². The SMILES string of the molecule is CC1(C)C(=O)Nc2nc(-c3nn(Cc4ccccc4F)c4ncccc34)nc(C(=O)CC3CCOC3=O)c21. The van der Waals surface area contributed by atoms with Gasteiger partial charge in [-0.1, -0.05) is 18.2 Å². The van der Waals surface area contributed by atoms with Gasteiger partial charge in [0.1, 0.15) is 23.0 Å². The molecular formula is C27H23FN6O4. The fourth-order valence-corrected chi connectivity index (χ4v) is 4.94. The van der Waals surface area contributed by atoms with Crippen LogP contribution in [-0.4, -0.2) is 49.0 Å². The number of rotatable bonds is 6. The van der Waals surface area contributed by atoms with Crippen molar-refractivity contribution in [3.05, 3.63) is 65.2 Å². The number of halogens is 1. The Bertz CT molecular complexity index is 1650. The number of ether oxygens (including phenoxy) is 1. The normalized spacial score (nSPS) is 17.9. The molecule has 1 fully saturated rings. The second kappa shape index (κ2) is 8.79. The highest BCUT2D eigenvalue weighted by Crippen LogP contribution is 2.40. The van der Waals surface area contributed by atoms with Gasteiger partial charge in [0.15, 0.2) is 17.3 Å². The molecule has 2 aliphatic rings. The van der Waals surface area contributed by atoms with Crippen molar-refractivity contribution in [3.8, 4) is 11.5 Å². The van der Waals surface area contributed by atoms with Gasteiger partial charge in [0.2, 0.25) is 5.91 Å². The molecule has 11 heteroatoms. The van der Waals surface area contributed by atoms with Gasteiger partial charge in [0.25, 0.3) is 0 Å². The molecule has 0 saturated carbocycles. The number of ketones is 1. The van der Waals surface area contributed by atoms with Crippen molar-refractivity contribution in [1.82, 2.24) is 24.7 Å². The number of nitrogens with zero attached hydrogens (tertiary/aromatic N) is 5. The van der Waals surface area contributed by atoms with Crippen molar-refractivity contribution in [1.29, 1.82) is 0 Å². The van der Waals surface area contributed by atoms with Crippen LogP contribution < -0.4 is 5.32 Å². The molecule has 1 amide bonds. The van der Waals surface area contributed by atoms with E-state index in [-0.39, 0.29) is 54.4 Å². The number of Topliss-reactive ketones (excluding diaryl/α,β-unsaturated/α-hetero) is 1. The standard InChI is InChI=1S/C27H23FN6O4/c1-27(2)19-21(18(35)12-14-9-11-38-25(14)36)30-23(31-22(19)32-26(27)37)20-16-7-5-10-29-24(16)34(33-20)13-15-6-3-4-8-17(15)28/h3-8,10,14H,9,11-13H2,1-2H3,(H,30,31,32,37). The summed E-state index contributed by atoms with van der Waals surface area (Å²) in [5, 5.41) is 8.02. The quantitative estimate of drug-likeness (QED) is 0.306. The number of aromatic nitrogens is 5. The summed E-state index contributed by atoms with van der Waals surface area (Å²) in [6.45, 7) is 3.78. The summed E-state index contributed by atoms with van der Waals surface area (Å²) in [6.07, 6.45) is 1.96. The minimum absolute atomic E-state index is 0.0637. The number of cyclic esters (lactones) is 1. The summed E-state index contributed by atoms with van der Waals surface area (Å²) >= 11 is 0. The zero-order valence-corrected chi connectivity index (χ0v) is 20.7. The number of carbonyl (C=O) groups excluding carboxylic acids is 3. The summed E-state index contributed by atoms with van der Waals surface area (Å²) in [4.78, 5) is 52.0. The molecule has 4 aromatic rings. The van der Waals surface area contributed by atoms with Crippen molar-refractivity contribution in [2.45, 2.75) is 38.6 Å². The Kier molecular flexibility index (Phi) is 5.51. The zero-order valence-electron chi connectivity index (χ0n) is 20.7. The molecule has 0 radical (unpaired) electrons. The van der Waals surface area contributed by atoms with E-state index in [1.165, 1.54) is 6.07 Å². The fourth-order valence-electron chi connectivity index (χ4n) is 4.94. The maximum atomic E-state index is 14.4. The predicted molar refractivity (Wildman–Crippen MR) is 134 cm³/mol. The average Bonchev–Trinajstić information content (AvgIpc) is 3.54. The van der Waals surface area contributed by atoms with Crippen molar-refractivity contribution in [3.63, 3.8) is 0 Å². The lowest BCUT2D eigenvalue weighted by atomic mass is 9.84. The summed E-state index contributed by atoms with van der Waals surface area (Å²) in [5.74, 6) is -1.70. The van der Waals surface area contributed by atoms with Crippen LogP contribution in [0.25, 0.3) is 22.6 Å². The highest BCUT2D eigenvalue weighted by molar-refractivity contribution is 6.10. The maximum absolute atomic E-state index is 14.4. The minimum Gasteiger partial charge on any atom is -0.465 e. The van der Waals surface area contributed by atoms with E-state index in [1.807, 2.05) is 0 Å². The number of anilines is 1. The third-order valence-corrected chi connectivity index (χ3v) is 7.07. The van der Waals surface area contributed by atoms with Gasteiger partial charge >= 0.3 is 5.97 Å². The molecule has 1 atom stereocenters. The highest BCUT2D eigenvalue weighted by Gasteiger charge is 2.44. The van der Waals surface area contributed by atoms with E-state index in [4.69, 9.17) is 4.74 Å². The van der Waals surface area contributed by atoms with Crippen LogP contribution in [0.3, 0.4) is 0 Å². The molecule has 1 unspecified atom stereocenters. The molecule has 1 N–H and O–H groups in total. The molecule has 38 heavy (non-hydrogen) atoms. The number of fused-ring (bicyclic) bond motifs is 2. The van der Waals surface area contributed by atoms with Gasteiger partial charge < -0.3 is 10.1 Å². The van der Waals surface area contributed by atoms with Crippen LogP contribution >= 0.6 is 0 Å². The van der Waals surface area contributed by atoms with Gasteiger partial charge in [0.05, 0.1) is 29.9 Å². The van der Waals surface area contributed by atoms with Gasteiger partial charge in [-0.15, -0.1) is 0 Å². The maximum Gasteiger partial charge on any atom is 0.309 e. The largest absolute Gasteiger partial charge is 0.465 e. The van der Waals surface area contributed by atoms with E-state index in [1.54, 1.807) is 55.1 Å². The first-order valence-electron chi connectivity index (χ1n) is 12.2. The molecule has 0 bridgehead atoms.